The van der Waals surface area contributed by atoms with E-state index in [0.717, 1.165) is 11.6 Å². The van der Waals surface area contributed by atoms with E-state index in [1.165, 1.54) is 42.4 Å². The van der Waals surface area contributed by atoms with E-state index in [9.17, 15) is 0 Å². The molecule has 1 aromatic carbocycles. The standard InChI is InChI=1S/C14H19N3/c1-10-13-8-11(7-12-5-6-15-9-12)3-4-14(13)17(2)16-10/h3-4,8,12,15H,5-7,9H2,1-2H3. The molecule has 3 heteroatoms. The number of fused-ring (bicyclic) bond motifs is 1. The fraction of sp³-hybridized carbons (Fsp3) is 0.500. The van der Waals surface area contributed by atoms with Gasteiger partial charge in [-0.3, -0.25) is 4.68 Å². The van der Waals surface area contributed by atoms with Gasteiger partial charge in [0.25, 0.3) is 0 Å². The van der Waals surface area contributed by atoms with Gasteiger partial charge in [-0.15, -0.1) is 0 Å². The number of nitrogens with zero attached hydrogens (tertiary/aromatic N) is 2. The van der Waals surface area contributed by atoms with Crippen LogP contribution in [0.1, 0.15) is 17.7 Å². The van der Waals surface area contributed by atoms with Crippen molar-refractivity contribution in [1.82, 2.24) is 15.1 Å². The molecule has 3 nitrogen and oxygen atoms in total. The van der Waals surface area contributed by atoms with Gasteiger partial charge < -0.3 is 5.32 Å². The number of rotatable bonds is 2. The second-order valence-electron chi connectivity index (χ2n) is 5.12. The van der Waals surface area contributed by atoms with Gasteiger partial charge in [0.05, 0.1) is 11.2 Å². The molecule has 2 aromatic rings. The van der Waals surface area contributed by atoms with E-state index in [4.69, 9.17) is 0 Å². The van der Waals surface area contributed by atoms with Crippen molar-refractivity contribution in [2.75, 3.05) is 13.1 Å². The predicted molar refractivity (Wildman–Crippen MR) is 70.1 cm³/mol. The molecule has 0 saturated carbocycles. The zero-order chi connectivity index (χ0) is 11.8. The Labute approximate surface area is 102 Å². The zero-order valence-corrected chi connectivity index (χ0v) is 10.5. The second kappa shape index (κ2) is 4.15. The van der Waals surface area contributed by atoms with Gasteiger partial charge >= 0.3 is 0 Å². The van der Waals surface area contributed by atoms with E-state index in [-0.39, 0.29) is 0 Å². The van der Waals surface area contributed by atoms with Crippen molar-refractivity contribution in [2.45, 2.75) is 19.8 Å². The number of nitrogens with one attached hydrogen (secondary N) is 1. The molecule has 3 rings (SSSR count). The molecule has 1 aliphatic heterocycles. The van der Waals surface area contributed by atoms with Crippen LogP contribution in [0.4, 0.5) is 0 Å². The monoisotopic (exact) mass is 229 g/mol. The highest BCUT2D eigenvalue weighted by Gasteiger charge is 2.15. The van der Waals surface area contributed by atoms with E-state index in [1.807, 2.05) is 11.7 Å². The molecular weight excluding hydrogens is 210 g/mol. The summed E-state index contributed by atoms with van der Waals surface area (Å²) in [6.07, 6.45) is 2.50. The van der Waals surface area contributed by atoms with Gasteiger partial charge in [0, 0.05) is 12.4 Å². The van der Waals surface area contributed by atoms with Crippen LogP contribution < -0.4 is 5.32 Å². The third kappa shape index (κ3) is 1.95. The number of benzene rings is 1. The van der Waals surface area contributed by atoms with Crippen molar-refractivity contribution in [1.29, 1.82) is 0 Å². The summed E-state index contributed by atoms with van der Waals surface area (Å²) >= 11 is 0. The normalized spacial score (nSPS) is 20.2. The molecule has 17 heavy (non-hydrogen) atoms. The van der Waals surface area contributed by atoms with Crippen LogP contribution >= 0.6 is 0 Å². The number of aromatic nitrogens is 2. The molecule has 1 saturated heterocycles. The number of hydrogen-bond acceptors (Lipinski definition) is 2. The Bertz CT molecular complexity index is 536. The SMILES string of the molecule is Cc1nn(C)c2ccc(CC3CCNC3)cc12. The number of hydrogen-bond donors (Lipinski definition) is 1. The summed E-state index contributed by atoms with van der Waals surface area (Å²) in [5, 5.41) is 9.20. The smallest absolute Gasteiger partial charge is 0.0682 e. The van der Waals surface area contributed by atoms with E-state index in [2.05, 4.69) is 35.5 Å². The van der Waals surface area contributed by atoms with Crippen molar-refractivity contribution < 1.29 is 0 Å². The lowest BCUT2D eigenvalue weighted by molar-refractivity contribution is 0.580. The topological polar surface area (TPSA) is 29.9 Å². The Balaban J connectivity index is 1.92. The molecule has 2 heterocycles. The summed E-state index contributed by atoms with van der Waals surface area (Å²) in [7, 11) is 2.01. The third-order valence-electron chi connectivity index (χ3n) is 3.79. The Morgan fingerprint density at radius 1 is 1.47 bits per heavy atom. The van der Waals surface area contributed by atoms with Crippen LogP contribution in [-0.4, -0.2) is 22.9 Å². The fourth-order valence-electron chi connectivity index (χ4n) is 2.84. The van der Waals surface area contributed by atoms with Crippen molar-refractivity contribution in [2.24, 2.45) is 13.0 Å². The lowest BCUT2D eigenvalue weighted by Crippen LogP contribution is -2.10. The van der Waals surface area contributed by atoms with Gasteiger partial charge in [-0.1, -0.05) is 6.07 Å². The van der Waals surface area contributed by atoms with Gasteiger partial charge in [-0.05, 0) is 56.5 Å². The van der Waals surface area contributed by atoms with Crippen LogP contribution in [0.25, 0.3) is 10.9 Å². The predicted octanol–water partition coefficient (Wildman–Crippen LogP) is 2.03. The molecule has 1 N–H and O–H groups in total. The number of aryl methyl sites for hydroxylation is 2. The summed E-state index contributed by atoms with van der Waals surface area (Å²) < 4.78 is 1.96. The van der Waals surface area contributed by atoms with E-state index in [1.54, 1.807) is 0 Å². The van der Waals surface area contributed by atoms with Crippen molar-refractivity contribution in [3.8, 4) is 0 Å². The minimum atomic E-state index is 0.810. The maximum Gasteiger partial charge on any atom is 0.0682 e. The van der Waals surface area contributed by atoms with Gasteiger partial charge in [-0.2, -0.15) is 5.10 Å². The quantitative estimate of drug-likeness (QED) is 0.854. The van der Waals surface area contributed by atoms with Crippen molar-refractivity contribution in [3.63, 3.8) is 0 Å². The third-order valence-corrected chi connectivity index (χ3v) is 3.79. The lowest BCUT2D eigenvalue weighted by Gasteiger charge is -2.08. The molecule has 1 unspecified atom stereocenters. The maximum absolute atomic E-state index is 4.47. The minimum absolute atomic E-state index is 0.810. The Morgan fingerprint density at radius 3 is 3.12 bits per heavy atom. The maximum atomic E-state index is 4.47. The zero-order valence-electron chi connectivity index (χ0n) is 10.5. The van der Waals surface area contributed by atoms with Gasteiger partial charge in [0.2, 0.25) is 0 Å². The first-order valence-electron chi connectivity index (χ1n) is 6.37. The summed E-state index contributed by atoms with van der Waals surface area (Å²) in [6, 6.07) is 6.77. The van der Waals surface area contributed by atoms with Crippen LogP contribution in [0.15, 0.2) is 18.2 Å². The van der Waals surface area contributed by atoms with Crippen LogP contribution in [-0.2, 0) is 13.5 Å². The van der Waals surface area contributed by atoms with Crippen LogP contribution in [0.5, 0.6) is 0 Å². The summed E-state index contributed by atoms with van der Waals surface area (Å²) in [5.41, 5.74) is 3.81. The average Bonchev–Trinajstić information content (AvgIpc) is 2.89. The summed E-state index contributed by atoms with van der Waals surface area (Å²) in [5.74, 6) is 0.810. The Kier molecular flexibility index (Phi) is 2.63. The van der Waals surface area contributed by atoms with E-state index < -0.39 is 0 Å². The second-order valence-corrected chi connectivity index (χ2v) is 5.12. The molecule has 1 fully saturated rings. The van der Waals surface area contributed by atoms with Crippen LogP contribution in [0.3, 0.4) is 0 Å². The molecule has 1 aromatic heterocycles. The largest absolute Gasteiger partial charge is 0.316 e. The first-order valence-corrected chi connectivity index (χ1v) is 6.37. The van der Waals surface area contributed by atoms with Crippen LogP contribution in [0, 0.1) is 12.8 Å². The van der Waals surface area contributed by atoms with Crippen molar-refractivity contribution in [3.05, 3.63) is 29.5 Å². The first-order chi connectivity index (χ1) is 8.24. The average molecular weight is 229 g/mol. The molecule has 0 bridgehead atoms. The van der Waals surface area contributed by atoms with Crippen LogP contribution in [0.2, 0.25) is 0 Å². The molecule has 0 amide bonds. The highest BCUT2D eigenvalue weighted by molar-refractivity contribution is 5.82. The molecule has 90 valence electrons. The van der Waals surface area contributed by atoms with Gasteiger partial charge in [-0.25, -0.2) is 0 Å². The summed E-state index contributed by atoms with van der Waals surface area (Å²) in [6.45, 7) is 4.44. The van der Waals surface area contributed by atoms with Gasteiger partial charge in [0.15, 0.2) is 0 Å². The van der Waals surface area contributed by atoms with E-state index in [0.29, 0.717) is 0 Å². The highest BCUT2D eigenvalue weighted by Crippen LogP contribution is 2.22. The first kappa shape index (κ1) is 10.8. The molecular formula is C14H19N3. The van der Waals surface area contributed by atoms with Crippen molar-refractivity contribution >= 4 is 10.9 Å². The lowest BCUT2D eigenvalue weighted by atomic mass is 9.97. The minimum Gasteiger partial charge on any atom is -0.316 e. The molecule has 0 radical (unpaired) electrons. The Hall–Kier alpha value is -1.35. The Morgan fingerprint density at radius 2 is 2.35 bits per heavy atom. The van der Waals surface area contributed by atoms with Gasteiger partial charge in [0.1, 0.15) is 0 Å². The summed E-state index contributed by atoms with van der Waals surface area (Å²) in [4.78, 5) is 0. The van der Waals surface area contributed by atoms with E-state index >= 15 is 0 Å². The fourth-order valence-corrected chi connectivity index (χ4v) is 2.84. The molecule has 1 atom stereocenters. The molecule has 0 spiro atoms. The molecule has 1 aliphatic rings. The highest BCUT2D eigenvalue weighted by atomic mass is 15.3. The molecule has 0 aliphatic carbocycles.